The van der Waals surface area contributed by atoms with Gasteiger partial charge in [-0.3, -0.25) is 4.70 Å². The predicted molar refractivity (Wildman–Crippen MR) is 65.1 cm³/mol. The molecular weight excluding hydrogens is 191 g/mol. The summed E-state index contributed by atoms with van der Waals surface area (Å²) in [7, 11) is 0. The van der Waals surface area contributed by atoms with Crippen LogP contribution in [0.4, 0.5) is 4.70 Å². The zero-order valence-corrected chi connectivity index (χ0v) is 10.5. The fourth-order valence-electron chi connectivity index (χ4n) is 2.27. The van der Waals surface area contributed by atoms with Crippen molar-refractivity contribution in [3.8, 4) is 0 Å². The molecule has 0 aromatic carbocycles. The van der Waals surface area contributed by atoms with Crippen molar-refractivity contribution in [3.05, 3.63) is 0 Å². The van der Waals surface area contributed by atoms with Gasteiger partial charge in [0.05, 0.1) is 0 Å². The fourth-order valence-corrected chi connectivity index (χ4v) is 2.27. The van der Waals surface area contributed by atoms with E-state index in [0.717, 1.165) is 12.1 Å². The predicted octanol–water partition coefficient (Wildman–Crippen LogP) is 2.40. The Hall–Kier alpha value is -0.150. The Bertz CT molecular complexity index is 145. The van der Waals surface area contributed by atoms with Crippen LogP contribution in [0.2, 0.25) is 0 Å². The smallest absolute Gasteiger partial charge is 0.0193 e. The monoisotopic (exact) mass is 218 g/mol. The molecule has 1 aliphatic rings. The summed E-state index contributed by atoms with van der Waals surface area (Å²) in [6.45, 7) is 10.5. The highest BCUT2D eigenvalue weighted by molar-refractivity contribution is 4.83. The van der Waals surface area contributed by atoms with Gasteiger partial charge in [0.1, 0.15) is 0 Å². The number of halogens is 1. The van der Waals surface area contributed by atoms with Crippen LogP contribution in [-0.4, -0.2) is 36.6 Å². The van der Waals surface area contributed by atoms with Crippen molar-refractivity contribution < 1.29 is 4.70 Å². The van der Waals surface area contributed by atoms with Crippen molar-refractivity contribution in [2.24, 2.45) is 0 Å². The van der Waals surface area contributed by atoms with Gasteiger partial charge in [-0.25, -0.2) is 0 Å². The summed E-state index contributed by atoms with van der Waals surface area (Å²) < 4.78 is 0. The van der Waals surface area contributed by atoms with Crippen LogP contribution in [0.3, 0.4) is 0 Å². The first-order chi connectivity index (χ1) is 6.81. The van der Waals surface area contributed by atoms with Crippen molar-refractivity contribution in [1.82, 2.24) is 10.2 Å². The lowest BCUT2D eigenvalue weighted by Crippen LogP contribution is -2.34. The van der Waals surface area contributed by atoms with E-state index in [0.29, 0.717) is 0 Å². The van der Waals surface area contributed by atoms with Crippen LogP contribution in [-0.2, 0) is 0 Å². The Morgan fingerprint density at radius 2 is 1.87 bits per heavy atom. The Kier molecular flexibility index (Phi) is 7.97. The van der Waals surface area contributed by atoms with E-state index < -0.39 is 0 Å². The Morgan fingerprint density at radius 1 is 1.27 bits per heavy atom. The fraction of sp³-hybridized carbons (Fsp3) is 1.00. The molecule has 2 nitrogen and oxygen atoms in total. The van der Waals surface area contributed by atoms with Crippen molar-refractivity contribution in [2.45, 2.75) is 58.5 Å². The molecule has 3 heteroatoms. The van der Waals surface area contributed by atoms with Crippen molar-refractivity contribution in [2.75, 3.05) is 19.6 Å². The molecule has 0 aromatic heterocycles. The zero-order valence-electron chi connectivity index (χ0n) is 10.5. The van der Waals surface area contributed by atoms with Gasteiger partial charge in [0, 0.05) is 18.6 Å². The molecule has 1 rings (SSSR count). The van der Waals surface area contributed by atoms with Gasteiger partial charge in [-0.1, -0.05) is 27.2 Å². The number of nitrogens with one attached hydrogen (secondary N) is 1. The molecule has 1 N–H and O–H groups in total. The third-order valence-electron chi connectivity index (χ3n) is 3.38. The molecule has 15 heavy (non-hydrogen) atoms. The molecule has 0 bridgehead atoms. The summed E-state index contributed by atoms with van der Waals surface area (Å²) in [5, 5.41) is 3.37. The molecule has 0 aliphatic carbocycles. The minimum absolute atomic E-state index is 0. The van der Waals surface area contributed by atoms with Crippen LogP contribution in [0, 0.1) is 0 Å². The lowest BCUT2D eigenvalue weighted by molar-refractivity contribution is 0.197. The normalized spacial score (nSPS) is 21.2. The maximum absolute atomic E-state index is 3.37. The molecule has 1 aliphatic heterocycles. The highest BCUT2D eigenvalue weighted by Gasteiger charge is 2.20. The van der Waals surface area contributed by atoms with Gasteiger partial charge >= 0.3 is 0 Å². The molecule has 2 atom stereocenters. The molecule has 0 spiro atoms. The number of hydrogen-bond donors (Lipinski definition) is 1. The van der Waals surface area contributed by atoms with Gasteiger partial charge in [-0.15, -0.1) is 0 Å². The average molecular weight is 218 g/mol. The summed E-state index contributed by atoms with van der Waals surface area (Å²) in [5.74, 6) is 0. The average Bonchev–Trinajstić information content (AvgIpc) is 3.01. The van der Waals surface area contributed by atoms with Gasteiger partial charge in [0.25, 0.3) is 0 Å². The summed E-state index contributed by atoms with van der Waals surface area (Å²) >= 11 is 0. The van der Waals surface area contributed by atoms with Crippen LogP contribution < -0.4 is 5.32 Å². The van der Waals surface area contributed by atoms with E-state index in [1.165, 1.54) is 45.3 Å². The second kappa shape index (κ2) is 8.05. The highest BCUT2D eigenvalue weighted by Crippen LogP contribution is 2.15. The van der Waals surface area contributed by atoms with E-state index in [1.807, 2.05) is 0 Å². The van der Waals surface area contributed by atoms with Crippen molar-refractivity contribution >= 4 is 0 Å². The molecule has 1 saturated heterocycles. The summed E-state index contributed by atoms with van der Waals surface area (Å²) in [6.07, 6.45) is 5.47. The van der Waals surface area contributed by atoms with Gasteiger partial charge in [0.2, 0.25) is 0 Å². The molecular formula is C12H27FN2. The van der Waals surface area contributed by atoms with Crippen LogP contribution >= 0.6 is 0 Å². The van der Waals surface area contributed by atoms with E-state index in [2.05, 4.69) is 31.0 Å². The van der Waals surface area contributed by atoms with Crippen molar-refractivity contribution in [3.63, 3.8) is 0 Å². The number of nitrogens with zero attached hydrogens (tertiary/aromatic N) is 1. The topological polar surface area (TPSA) is 25.2 Å². The quantitative estimate of drug-likeness (QED) is 0.633. The zero-order chi connectivity index (χ0) is 10.4. The van der Waals surface area contributed by atoms with Crippen LogP contribution in [0.5, 0.6) is 0 Å². The Labute approximate surface area is 93.8 Å². The van der Waals surface area contributed by atoms with Crippen molar-refractivity contribution in [1.29, 1.82) is 0 Å². The second-order valence-electron chi connectivity index (χ2n) is 4.32. The van der Waals surface area contributed by atoms with Crippen LogP contribution in [0.1, 0.15) is 46.5 Å². The largest absolute Gasteiger partial charge is 0.311 e. The van der Waals surface area contributed by atoms with E-state index in [1.54, 1.807) is 0 Å². The molecule has 1 fully saturated rings. The molecule has 0 amide bonds. The first kappa shape index (κ1) is 14.8. The number of hydrogen-bond acceptors (Lipinski definition) is 2. The standard InChI is InChI=1S/C12H26N2.FH/c1-4-12(14(5-2)6-3)9-7-8-11-10-13-11;/h11-13H,4-10H2,1-3H3;1H. The minimum Gasteiger partial charge on any atom is -0.311 e. The van der Waals surface area contributed by atoms with E-state index >= 15 is 0 Å². The Balaban J connectivity index is 0.00000196. The highest BCUT2D eigenvalue weighted by atomic mass is 19.0. The van der Waals surface area contributed by atoms with Gasteiger partial charge in [-0.05, 0) is 32.4 Å². The van der Waals surface area contributed by atoms with Crippen LogP contribution in [0.15, 0.2) is 0 Å². The Morgan fingerprint density at radius 3 is 2.27 bits per heavy atom. The minimum atomic E-state index is 0. The first-order valence-corrected chi connectivity index (χ1v) is 6.29. The second-order valence-corrected chi connectivity index (χ2v) is 4.32. The third-order valence-corrected chi connectivity index (χ3v) is 3.38. The van der Waals surface area contributed by atoms with Gasteiger partial charge in [-0.2, -0.15) is 0 Å². The summed E-state index contributed by atoms with van der Waals surface area (Å²) in [5.41, 5.74) is 0. The summed E-state index contributed by atoms with van der Waals surface area (Å²) in [4.78, 5) is 2.60. The molecule has 0 saturated carbocycles. The number of rotatable bonds is 8. The van der Waals surface area contributed by atoms with E-state index in [9.17, 15) is 0 Å². The summed E-state index contributed by atoms with van der Waals surface area (Å²) in [6, 6.07) is 1.69. The first-order valence-electron chi connectivity index (χ1n) is 6.29. The maximum Gasteiger partial charge on any atom is 0.0193 e. The molecule has 2 unspecified atom stereocenters. The third kappa shape index (κ3) is 5.47. The molecule has 92 valence electrons. The lowest BCUT2D eigenvalue weighted by Gasteiger charge is -2.28. The van der Waals surface area contributed by atoms with E-state index in [-0.39, 0.29) is 4.70 Å². The molecule has 1 heterocycles. The van der Waals surface area contributed by atoms with E-state index in [4.69, 9.17) is 0 Å². The van der Waals surface area contributed by atoms with Gasteiger partial charge in [0.15, 0.2) is 0 Å². The maximum atomic E-state index is 3.37. The van der Waals surface area contributed by atoms with Crippen LogP contribution in [0.25, 0.3) is 0 Å². The lowest BCUT2D eigenvalue weighted by atomic mass is 10.0. The SMILES string of the molecule is CCC(CCCC1CN1)N(CC)CC.F. The molecule has 0 radical (unpaired) electrons. The molecule has 0 aromatic rings. The van der Waals surface area contributed by atoms with Gasteiger partial charge < -0.3 is 10.2 Å².